The van der Waals surface area contributed by atoms with Crippen LogP contribution in [0.25, 0.3) is 11.3 Å². The number of nitrogens with zero attached hydrogens (tertiary/aromatic N) is 2. The van der Waals surface area contributed by atoms with E-state index in [1.807, 2.05) is 43.3 Å². The van der Waals surface area contributed by atoms with E-state index in [9.17, 15) is 4.79 Å². The van der Waals surface area contributed by atoms with Crippen molar-refractivity contribution in [3.63, 3.8) is 0 Å². The molecule has 98 valence electrons. The summed E-state index contributed by atoms with van der Waals surface area (Å²) in [4.78, 5) is 19.6. The molecule has 0 amide bonds. The van der Waals surface area contributed by atoms with E-state index in [4.69, 9.17) is 5.11 Å². The smallest absolute Gasteiger partial charge is 0.316 e. The number of carboxylic acid groups (broad SMARTS) is 1. The zero-order valence-electron chi connectivity index (χ0n) is 10.7. The van der Waals surface area contributed by atoms with Crippen molar-refractivity contribution in [3.8, 4) is 11.3 Å². The number of aromatic nitrogens is 2. The molecule has 0 saturated carbocycles. The fraction of sp³-hybridized carbons (Fsp3) is 0.214. The Balaban J connectivity index is 2.32. The van der Waals surface area contributed by atoms with E-state index in [0.717, 1.165) is 28.7 Å². The van der Waals surface area contributed by atoms with Crippen molar-refractivity contribution in [2.24, 2.45) is 0 Å². The predicted molar refractivity (Wildman–Crippen MR) is 75.2 cm³/mol. The number of thioether (sulfide) groups is 1. The highest BCUT2D eigenvalue weighted by Gasteiger charge is 2.15. The zero-order valence-corrected chi connectivity index (χ0v) is 11.5. The maximum Gasteiger partial charge on any atom is 0.316 e. The van der Waals surface area contributed by atoms with E-state index in [0.29, 0.717) is 5.16 Å². The normalized spacial score (nSPS) is 12.1. The maximum atomic E-state index is 10.9. The van der Waals surface area contributed by atoms with Crippen LogP contribution in [0.1, 0.15) is 12.6 Å². The van der Waals surface area contributed by atoms with Crippen molar-refractivity contribution in [2.75, 3.05) is 0 Å². The molecule has 0 radical (unpaired) electrons. The number of rotatable bonds is 4. The molecule has 1 aromatic heterocycles. The van der Waals surface area contributed by atoms with Gasteiger partial charge in [0.2, 0.25) is 0 Å². The summed E-state index contributed by atoms with van der Waals surface area (Å²) in [6, 6.07) is 11.7. The van der Waals surface area contributed by atoms with Crippen LogP contribution in [0, 0.1) is 6.92 Å². The van der Waals surface area contributed by atoms with Crippen LogP contribution in [0.5, 0.6) is 0 Å². The number of aliphatic carboxylic acids is 1. The van der Waals surface area contributed by atoms with Crippen molar-refractivity contribution >= 4 is 17.7 Å². The molecule has 0 aliphatic rings. The highest BCUT2D eigenvalue weighted by Crippen LogP contribution is 2.24. The molecular weight excluding hydrogens is 260 g/mol. The first-order valence-electron chi connectivity index (χ1n) is 5.87. The van der Waals surface area contributed by atoms with Crippen LogP contribution in [-0.4, -0.2) is 26.3 Å². The molecule has 0 aliphatic heterocycles. The van der Waals surface area contributed by atoms with Gasteiger partial charge in [0.1, 0.15) is 5.25 Å². The first-order valence-corrected chi connectivity index (χ1v) is 6.75. The van der Waals surface area contributed by atoms with Crippen LogP contribution in [-0.2, 0) is 4.79 Å². The van der Waals surface area contributed by atoms with Gasteiger partial charge in [0.25, 0.3) is 0 Å². The molecular formula is C14H14N2O2S. The lowest BCUT2D eigenvalue weighted by Gasteiger charge is -2.08. The first kappa shape index (κ1) is 13.5. The summed E-state index contributed by atoms with van der Waals surface area (Å²) < 4.78 is 0. The summed E-state index contributed by atoms with van der Waals surface area (Å²) in [5.74, 6) is -0.864. The molecule has 5 heteroatoms. The fourth-order valence-corrected chi connectivity index (χ4v) is 2.32. The van der Waals surface area contributed by atoms with Crippen molar-refractivity contribution < 1.29 is 9.90 Å². The summed E-state index contributed by atoms with van der Waals surface area (Å²) in [7, 11) is 0. The highest BCUT2D eigenvalue weighted by molar-refractivity contribution is 8.00. The third kappa shape index (κ3) is 3.54. The van der Waals surface area contributed by atoms with Crippen LogP contribution in [0.15, 0.2) is 41.6 Å². The molecule has 2 aromatic rings. The Morgan fingerprint density at radius 1 is 1.26 bits per heavy atom. The number of aryl methyl sites for hydroxylation is 1. The Hall–Kier alpha value is -1.88. The van der Waals surface area contributed by atoms with E-state index >= 15 is 0 Å². The van der Waals surface area contributed by atoms with Crippen molar-refractivity contribution in [2.45, 2.75) is 24.3 Å². The quantitative estimate of drug-likeness (QED) is 0.686. The van der Waals surface area contributed by atoms with Crippen molar-refractivity contribution in [1.29, 1.82) is 0 Å². The molecule has 1 aromatic carbocycles. The van der Waals surface area contributed by atoms with Gasteiger partial charge in [-0.3, -0.25) is 4.79 Å². The van der Waals surface area contributed by atoms with Gasteiger partial charge in [-0.05, 0) is 19.9 Å². The lowest BCUT2D eigenvalue weighted by Crippen LogP contribution is -2.12. The van der Waals surface area contributed by atoms with Crippen molar-refractivity contribution in [1.82, 2.24) is 9.97 Å². The predicted octanol–water partition coefficient (Wildman–Crippen LogP) is 3.02. The summed E-state index contributed by atoms with van der Waals surface area (Å²) in [5.41, 5.74) is 2.64. The van der Waals surface area contributed by atoms with Crippen LogP contribution < -0.4 is 0 Å². The first-order chi connectivity index (χ1) is 9.06. The molecule has 0 spiro atoms. The van der Waals surface area contributed by atoms with E-state index < -0.39 is 11.2 Å². The molecule has 19 heavy (non-hydrogen) atoms. The Bertz CT molecular complexity index is 587. The zero-order chi connectivity index (χ0) is 13.8. The summed E-state index contributed by atoms with van der Waals surface area (Å²) >= 11 is 1.15. The molecule has 1 unspecified atom stereocenters. The summed E-state index contributed by atoms with van der Waals surface area (Å²) in [6.07, 6.45) is 0. The van der Waals surface area contributed by atoms with Gasteiger partial charge in [0, 0.05) is 11.3 Å². The number of hydrogen-bond acceptors (Lipinski definition) is 4. The van der Waals surface area contributed by atoms with Crippen LogP contribution in [0.2, 0.25) is 0 Å². The second-order valence-corrected chi connectivity index (χ2v) is 5.45. The Kier molecular flexibility index (Phi) is 4.16. The third-order valence-electron chi connectivity index (χ3n) is 2.53. The third-order valence-corrected chi connectivity index (χ3v) is 3.48. The van der Waals surface area contributed by atoms with E-state index in [1.165, 1.54) is 0 Å². The molecule has 0 fully saturated rings. The average molecular weight is 274 g/mol. The molecule has 1 N–H and O–H groups in total. The molecule has 4 nitrogen and oxygen atoms in total. The van der Waals surface area contributed by atoms with Gasteiger partial charge in [0.05, 0.1) is 5.69 Å². The highest BCUT2D eigenvalue weighted by atomic mass is 32.2. The monoisotopic (exact) mass is 274 g/mol. The second kappa shape index (κ2) is 5.84. The largest absolute Gasteiger partial charge is 0.480 e. The average Bonchev–Trinajstić information content (AvgIpc) is 2.39. The van der Waals surface area contributed by atoms with Crippen molar-refractivity contribution in [3.05, 3.63) is 42.1 Å². The van der Waals surface area contributed by atoms with Gasteiger partial charge in [-0.25, -0.2) is 9.97 Å². The molecule has 0 saturated heterocycles. The Morgan fingerprint density at radius 2 is 1.95 bits per heavy atom. The lowest BCUT2D eigenvalue weighted by atomic mass is 10.1. The topological polar surface area (TPSA) is 63.1 Å². The fourth-order valence-electron chi connectivity index (χ4n) is 1.56. The van der Waals surface area contributed by atoms with Crippen LogP contribution >= 0.6 is 11.8 Å². The van der Waals surface area contributed by atoms with Gasteiger partial charge in [-0.1, -0.05) is 42.1 Å². The van der Waals surface area contributed by atoms with Crippen LogP contribution in [0.4, 0.5) is 0 Å². The molecule has 2 rings (SSSR count). The Morgan fingerprint density at radius 3 is 2.58 bits per heavy atom. The Labute approximate surface area is 115 Å². The standard InChI is InChI=1S/C14H14N2O2S/c1-9-8-12(11-6-4-3-5-7-11)16-14(15-9)19-10(2)13(17)18/h3-8,10H,1-2H3,(H,17,18). The van der Waals surface area contributed by atoms with E-state index in [1.54, 1.807) is 6.92 Å². The lowest BCUT2D eigenvalue weighted by molar-refractivity contribution is -0.136. The van der Waals surface area contributed by atoms with Crippen LogP contribution in [0.3, 0.4) is 0 Å². The van der Waals surface area contributed by atoms with Gasteiger partial charge < -0.3 is 5.11 Å². The van der Waals surface area contributed by atoms with Gasteiger partial charge in [-0.15, -0.1) is 0 Å². The number of carbonyl (C=O) groups is 1. The maximum absolute atomic E-state index is 10.9. The van der Waals surface area contributed by atoms with Gasteiger partial charge in [0.15, 0.2) is 5.16 Å². The molecule has 0 bridgehead atoms. The molecule has 1 heterocycles. The van der Waals surface area contributed by atoms with E-state index in [2.05, 4.69) is 9.97 Å². The second-order valence-electron chi connectivity index (χ2n) is 4.14. The summed E-state index contributed by atoms with van der Waals surface area (Å²) in [5, 5.41) is 8.85. The number of benzene rings is 1. The van der Waals surface area contributed by atoms with Gasteiger partial charge in [-0.2, -0.15) is 0 Å². The van der Waals surface area contributed by atoms with Gasteiger partial charge >= 0.3 is 5.97 Å². The number of carboxylic acids is 1. The SMILES string of the molecule is Cc1cc(-c2ccccc2)nc(SC(C)C(=O)O)n1. The number of hydrogen-bond donors (Lipinski definition) is 1. The summed E-state index contributed by atoms with van der Waals surface area (Å²) in [6.45, 7) is 3.50. The molecule has 0 aliphatic carbocycles. The van der Waals surface area contributed by atoms with E-state index in [-0.39, 0.29) is 0 Å². The molecule has 1 atom stereocenters. The minimum absolute atomic E-state index is 0.494. The minimum atomic E-state index is -0.864. The minimum Gasteiger partial charge on any atom is -0.480 e.